The molecule has 0 aliphatic heterocycles. The van der Waals surface area contributed by atoms with Crippen molar-refractivity contribution in [1.82, 2.24) is 9.13 Å². The normalized spacial score (nSPS) is 12.0. The third-order valence-electron chi connectivity index (χ3n) is 3.04. The van der Waals surface area contributed by atoms with Gasteiger partial charge >= 0.3 is 5.69 Å². The SMILES string of the molecule is CCn1c(=O)n(C(C)C)c2cc(C=NN)ccc21. The number of aromatic nitrogens is 2. The summed E-state index contributed by atoms with van der Waals surface area (Å²) in [4.78, 5) is 12.3. The molecule has 1 aromatic heterocycles. The molecule has 2 aromatic rings. The zero-order chi connectivity index (χ0) is 13.3. The summed E-state index contributed by atoms with van der Waals surface area (Å²) in [5.41, 5.74) is 2.80. The number of hydrogen-bond acceptors (Lipinski definition) is 3. The first-order chi connectivity index (χ1) is 8.60. The lowest BCUT2D eigenvalue weighted by molar-refractivity contribution is 0.571. The fourth-order valence-electron chi connectivity index (χ4n) is 2.27. The van der Waals surface area contributed by atoms with Crippen molar-refractivity contribution >= 4 is 17.2 Å². The van der Waals surface area contributed by atoms with Gasteiger partial charge in [0.25, 0.3) is 0 Å². The van der Waals surface area contributed by atoms with E-state index in [4.69, 9.17) is 5.84 Å². The van der Waals surface area contributed by atoms with Crippen molar-refractivity contribution in [3.8, 4) is 0 Å². The van der Waals surface area contributed by atoms with E-state index in [0.29, 0.717) is 6.54 Å². The second-order valence-electron chi connectivity index (χ2n) is 4.52. The lowest BCUT2D eigenvalue weighted by Gasteiger charge is -2.06. The van der Waals surface area contributed by atoms with Crippen molar-refractivity contribution in [2.75, 3.05) is 0 Å². The molecule has 18 heavy (non-hydrogen) atoms. The van der Waals surface area contributed by atoms with Crippen molar-refractivity contribution in [3.63, 3.8) is 0 Å². The first kappa shape index (κ1) is 12.4. The van der Waals surface area contributed by atoms with Crippen LogP contribution in [-0.2, 0) is 6.54 Å². The third-order valence-corrected chi connectivity index (χ3v) is 3.04. The molecule has 0 radical (unpaired) electrons. The molecule has 2 rings (SSSR count). The van der Waals surface area contributed by atoms with Gasteiger partial charge in [0.05, 0.1) is 17.2 Å². The van der Waals surface area contributed by atoms with Gasteiger partial charge in [-0.2, -0.15) is 5.10 Å². The standard InChI is InChI=1S/C13H18N4O/c1-4-16-11-6-5-10(8-15-14)7-12(11)17(9(2)3)13(16)18/h5-9H,4,14H2,1-3H3. The Balaban J connectivity index is 2.83. The predicted octanol–water partition coefficient (Wildman–Crippen LogP) is 1.70. The lowest BCUT2D eigenvalue weighted by Crippen LogP contribution is -2.24. The van der Waals surface area contributed by atoms with E-state index >= 15 is 0 Å². The van der Waals surface area contributed by atoms with Crippen LogP contribution in [0.15, 0.2) is 28.1 Å². The van der Waals surface area contributed by atoms with Gasteiger partial charge in [-0.25, -0.2) is 4.79 Å². The number of benzene rings is 1. The summed E-state index contributed by atoms with van der Waals surface area (Å²) < 4.78 is 3.57. The summed E-state index contributed by atoms with van der Waals surface area (Å²) in [6.07, 6.45) is 1.58. The number of imidazole rings is 1. The minimum Gasteiger partial charge on any atom is -0.323 e. The molecule has 0 aliphatic rings. The second-order valence-corrected chi connectivity index (χ2v) is 4.52. The average molecular weight is 246 g/mol. The lowest BCUT2D eigenvalue weighted by atomic mass is 10.2. The van der Waals surface area contributed by atoms with Crippen molar-refractivity contribution in [3.05, 3.63) is 34.2 Å². The van der Waals surface area contributed by atoms with Gasteiger partial charge in [-0.3, -0.25) is 9.13 Å². The Morgan fingerprint density at radius 2 is 2.11 bits per heavy atom. The first-order valence-corrected chi connectivity index (χ1v) is 6.08. The van der Waals surface area contributed by atoms with Crippen LogP contribution in [0.5, 0.6) is 0 Å². The van der Waals surface area contributed by atoms with Gasteiger partial charge in [0.1, 0.15) is 0 Å². The number of nitrogens with zero attached hydrogens (tertiary/aromatic N) is 3. The van der Waals surface area contributed by atoms with Gasteiger partial charge in [-0.15, -0.1) is 0 Å². The fraction of sp³-hybridized carbons (Fsp3) is 0.385. The Kier molecular flexibility index (Phi) is 3.23. The van der Waals surface area contributed by atoms with Crippen molar-refractivity contribution < 1.29 is 0 Å². The van der Waals surface area contributed by atoms with E-state index in [-0.39, 0.29) is 11.7 Å². The Bertz CT molecular complexity index is 649. The molecule has 0 saturated carbocycles. The van der Waals surface area contributed by atoms with Crippen LogP contribution in [0.4, 0.5) is 0 Å². The maximum atomic E-state index is 12.3. The van der Waals surface area contributed by atoms with Gasteiger partial charge in [-0.05, 0) is 38.5 Å². The highest BCUT2D eigenvalue weighted by molar-refractivity contribution is 5.87. The summed E-state index contributed by atoms with van der Waals surface area (Å²) in [7, 11) is 0. The van der Waals surface area contributed by atoms with Gasteiger partial charge in [0.15, 0.2) is 0 Å². The van der Waals surface area contributed by atoms with Crippen LogP contribution in [0, 0.1) is 0 Å². The Hall–Kier alpha value is -2.04. The third kappa shape index (κ3) is 1.81. The van der Waals surface area contributed by atoms with Crippen molar-refractivity contribution in [1.29, 1.82) is 0 Å². The Labute approximate surface area is 106 Å². The minimum atomic E-state index is 0.0318. The minimum absolute atomic E-state index is 0.0318. The first-order valence-electron chi connectivity index (χ1n) is 6.08. The molecule has 0 bridgehead atoms. The summed E-state index contributed by atoms with van der Waals surface area (Å²) in [5, 5.41) is 3.52. The zero-order valence-corrected chi connectivity index (χ0v) is 10.9. The molecule has 0 atom stereocenters. The molecular formula is C13H18N4O. The van der Waals surface area contributed by atoms with Crippen LogP contribution in [-0.4, -0.2) is 15.3 Å². The van der Waals surface area contributed by atoms with Gasteiger partial charge in [0, 0.05) is 12.6 Å². The van der Waals surface area contributed by atoms with Crippen LogP contribution in [0.3, 0.4) is 0 Å². The number of nitrogens with two attached hydrogens (primary N) is 1. The number of fused-ring (bicyclic) bond motifs is 1. The number of rotatable bonds is 3. The Morgan fingerprint density at radius 1 is 1.39 bits per heavy atom. The maximum absolute atomic E-state index is 12.3. The summed E-state index contributed by atoms with van der Waals surface area (Å²) in [6.45, 7) is 6.65. The number of hydrazone groups is 1. The average Bonchev–Trinajstić information content (AvgIpc) is 2.60. The zero-order valence-electron chi connectivity index (χ0n) is 10.9. The molecule has 1 aromatic carbocycles. The van der Waals surface area contributed by atoms with Crippen LogP contribution >= 0.6 is 0 Å². The smallest absolute Gasteiger partial charge is 0.323 e. The van der Waals surface area contributed by atoms with Gasteiger partial charge < -0.3 is 5.84 Å². The van der Waals surface area contributed by atoms with Crippen LogP contribution in [0.25, 0.3) is 11.0 Å². The molecule has 5 nitrogen and oxygen atoms in total. The van der Waals surface area contributed by atoms with Gasteiger partial charge in [0.2, 0.25) is 0 Å². The molecule has 2 N–H and O–H groups in total. The van der Waals surface area contributed by atoms with Crippen molar-refractivity contribution in [2.45, 2.75) is 33.4 Å². The molecule has 5 heteroatoms. The topological polar surface area (TPSA) is 65.3 Å². The highest BCUT2D eigenvalue weighted by atomic mass is 16.1. The maximum Gasteiger partial charge on any atom is 0.329 e. The van der Waals surface area contributed by atoms with Gasteiger partial charge in [-0.1, -0.05) is 6.07 Å². The second kappa shape index (κ2) is 4.68. The Morgan fingerprint density at radius 3 is 2.67 bits per heavy atom. The van der Waals surface area contributed by atoms with E-state index in [9.17, 15) is 4.79 Å². The fourth-order valence-corrected chi connectivity index (χ4v) is 2.27. The van der Waals surface area contributed by atoms with Crippen LogP contribution in [0.2, 0.25) is 0 Å². The molecule has 0 saturated heterocycles. The molecule has 0 amide bonds. The molecule has 0 aliphatic carbocycles. The quantitative estimate of drug-likeness (QED) is 0.509. The molecule has 0 unspecified atom stereocenters. The predicted molar refractivity (Wildman–Crippen MR) is 74.0 cm³/mol. The van der Waals surface area contributed by atoms with Crippen molar-refractivity contribution in [2.24, 2.45) is 10.9 Å². The largest absolute Gasteiger partial charge is 0.329 e. The number of aryl methyl sites for hydroxylation is 1. The molecule has 0 fully saturated rings. The monoisotopic (exact) mass is 246 g/mol. The van der Waals surface area contributed by atoms with Crippen LogP contribution < -0.4 is 11.5 Å². The highest BCUT2D eigenvalue weighted by Gasteiger charge is 2.14. The van der Waals surface area contributed by atoms with Crippen LogP contribution in [0.1, 0.15) is 32.4 Å². The van der Waals surface area contributed by atoms with E-state index in [2.05, 4.69) is 5.10 Å². The summed E-state index contributed by atoms with van der Waals surface area (Å²) in [5.74, 6) is 5.16. The molecular weight excluding hydrogens is 228 g/mol. The number of hydrogen-bond donors (Lipinski definition) is 1. The summed E-state index contributed by atoms with van der Waals surface area (Å²) in [6, 6.07) is 5.92. The molecule has 0 spiro atoms. The molecule has 96 valence electrons. The van der Waals surface area contributed by atoms with E-state index in [1.54, 1.807) is 15.3 Å². The van der Waals surface area contributed by atoms with E-state index in [1.165, 1.54) is 0 Å². The van der Waals surface area contributed by atoms with E-state index < -0.39 is 0 Å². The summed E-state index contributed by atoms with van der Waals surface area (Å²) >= 11 is 0. The van der Waals surface area contributed by atoms with E-state index in [0.717, 1.165) is 16.6 Å². The van der Waals surface area contributed by atoms with E-state index in [1.807, 2.05) is 39.0 Å². The highest BCUT2D eigenvalue weighted by Crippen LogP contribution is 2.18. The molecule has 1 heterocycles.